The Bertz CT molecular complexity index is 609. The lowest BCUT2D eigenvalue weighted by Crippen LogP contribution is -2.31. The number of rotatable bonds is 7. The van der Waals surface area contributed by atoms with Gasteiger partial charge in [0, 0.05) is 30.6 Å². The first kappa shape index (κ1) is 15.5. The minimum absolute atomic E-state index is 0.266. The van der Waals surface area contributed by atoms with Crippen molar-refractivity contribution in [2.45, 2.75) is 13.5 Å². The molecule has 0 bridgehead atoms. The number of carbonyl (C=O) groups is 1. The highest BCUT2D eigenvalue weighted by atomic mass is 16.5. The number of fused-ring (bicyclic) bond motifs is 1. The predicted molar refractivity (Wildman–Crippen MR) is 80.7 cm³/mol. The number of hydrogen-bond donors (Lipinski definition) is 2. The Labute approximate surface area is 123 Å². The van der Waals surface area contributed by atoms with Crippen molar-refractivity contribution in [3.05, 3.63) is 35.6 Å². The molecule has 21 heavy (non-hydrogen) atoms. The Morgan fingerprint density at radius 1 is 1.43 bits per heavy atom. The molecule has 0 fully saturated rings. The van der Waals surface area contributed by atoms with E-state index in [9.17, 15) is 4.79 Å². The van der Waals surface area contributed by atoms with Gasteiger partial charge in [-0.3, -0.25) is 15.1 Å². The fraction of sp³-hybridized carbons (Fsp3) is 0.400. The maximum Gasteiger partial charge on any atom is 0.301 e. The highest BCUT2D eigenvalue weighted by Gasteiger charge is 2.20. The molecule has 0 spiro atoms. The van der Waals surface area contributed by atoms with Gasteiger partial charge in [0.25, 0.3) is 0 Å². The maximum absolute atomic E-state index is 11.9. The van der Waals surface area contributed by atoms with Crippen LogP contribution < -0.4 is 11.3 Å². The molecule has 2 rings (SSSR count). The topological polar surface area (TPSA) is 80.7 Å². The summed E-state index contributed by atoms with van der Waals surface area (Å²) >= 11 is 0. The zero-order chi connectivity index (χ0) is 15.2. The molecular weight excluding hydrogens is 270 g/mol. The van der Waals surface area contributed by atoms with Crippen LogP contribution in [0.1, 0.15) is 23.0 Å². The largest absolute Gasteiger partial charge is 0.451 e. The second-order valence-corrected chi connectivity index (χ2v) is 4.81. The summed E-state index contributed by atoms with van der Waals surface area (Å²) in [6.07, 6.45) is 0. The van der Waals surface area contributed by atoms with Crippen molar-refractivity contribution >= 4 is 16.9 Å². The summed E-state index contributed by atoms with van der Waals surface area (Å²) < 4.78 is 11.0. The summed E-state index contributed by atoms with van der Waals surface area (Å²) in [5, 5.41) is 0.930. The molecule has 6 nitrogen and oxygen atoms in total. The van der Waals surface area contributed by atoms with Crippen molar-refractivity contribution in [2.75, 3.05) is 26.8 Å². The second-order valence-electron chi connectivity index (χ2n) is 4.81. The zero-order valence-corrected chi connectivity index (χ0v) is 12.4. The van der Waals surface area contributed by atoms with E-state index < -0.39 is 5.91 Å². The van der Waals surface area contributed by atoms with E-state index in [1.165, 1.54) is 0 Å². The van der Waals surface area contributed by atoms with Crippen molar-refractivity contribution < 1.29 is 13.9 Å². The van der Waals surface area contributed by atoms with Gasteiger partial charge in [0.1, 0.15) is 5.58 Å². The second kappa shape index (κ2) is 7.21. The smallest absolute Gasteiger partial charge is 0.301 e. The molecule has 1 amide bonds. The van der Waals surface area contributed by atoms with Gasteiger partial charge < -0.3 is 9.15 Å². The predicted octanol–water partition coefficient (Wildman–Crippen LogP) is 1.50. The number of hydrogen-bond acceptors (Lipinski definition) is 5. The number of benzene rings is 1. The number of hydrazine groups is 1. The molecule has 3 N–H and O–H groups in total. The average molecular weight is 291 g/mol. The first-order valence-electron chi connectivity index (χ1n) is 6.95. The molecule has 0 aliphatic rings. The standard InChI is InChI=1S/C15H21N3O3/c1-3-20-9-8-18(2)10-12-11-6-4-5-7-13(11)21-14(12)15(19)17-16/h4-7H,3,8-10,16H2,1-2H3,(H,17,19). The SMILES string of the molecule is CCOCCN(C)Cc1c(C(=O)NN)oc2ccccc12. The first-order valence-corrected chi connectivity index (χ1v) is 6.95. The van der Waals surface area contributed by atoms with Crippen LogP contribution in [-0.4, -0.2) is 37.6 Å². The number of para-hydroxylation sites is 1. The lowest BCUT2D eigenvalue weighted by molar-refractivity contribution is 0.0924. The quantitative estimate of drug-likeness (QED) is 0.350. The molecule has 0 atom stereocenters. The van der Waals surface area contributed by atoms with Crippen molar-refractivity contribution in [3.63, 3.8) is 0 Å². The van der Waals surface area contributed by atoms with Gasteiger partial charge in [-0.2, -0.15) is 0 Å². The third kappa shape index (κ3) is 3.60. The van der Waals surface area contributed by atoms with Crippen molar-refractivity contribution in [3.8, 4) is 0 Å². The summed E-state index contributed by atoms with van der Waals surface area (Å²) in [4.78, 5) is 14.0. The summed E-state index contributed by atoms with van der Waals surface area (Å²) in [6, 6.07) is 7.58. The number of nitrogens with two attached hydrogens (primary N) is 1. The van der Waals surface area contributed by atoms with E-state index in [1.54, 1.807) is 0 Å². The number of amides is 1. The summed E-state index contributed by atoms with van der Waals surface area (Å²) in [5.41, 5.74) is 3.66. The van der Waals surface area contributed by atoms with E-state index in [4.69, 9.17) is 15.0 Å². The van der Waals surface area contributed by atoms with Crippen LogP contribution >= 0.6 is 0 Å². The third-order valence-corrected chi connectivity index (χ3v) is 3.29. The van der Waals surface area contributed by atoms with Crippen LogP contribution in [0.25, 0.3) is 11.0 Å². The van der Waals surface area contributed by atoms with Crippen LogP contribution in [-0.2, 0) is 11.3 Å². The molecule has 0 radical (unpaired) electrons. The van der Waals surface area contributed by atoms with Gasteiger partial charge in [-0.1, -0.05) is 18.2 Å². The average Bonchev–Trinajstić information content (AvgIpc) is 2.85. The molecule has 0 unspecified atom stereocenters. The number of furan rings is 1. The van der Waals surface area contributed by atoms with Gasteiger partial charge in [0.2, 0.25) is 0 Å². The molecule has 6 heteroatoms. The van der Waals surface area contributed by atoms with Crippen LogP contribution in [0.15, 0.2) is 28.7 Å². The van der Waals surface area contributed by atoms with Gasteiger partial charge in [-0.05, 0) is 20.0 Å². The third-order valence-electron chi connectivity index (χ3n) is 3.29. The van der Waals surface area contributed by atoms with E-state index in [1.807, 2.05) is 38.2 Å². The lowest BCUT2D eigenvalue weighted by atomic mass is 10.1. The minimum atomic E-state index is -0.417. The van der Waals surface area contributed by atoms with Crippen molar-refractivity contribution in [1.82, 2.24) is 10.3 Å². The van der Waals surface area contributed by atoms with Crippen LogP contribution in [0.3, 0.4) is 0 Å². The Morgan fingerprint density at radius 3 is 2.90 bits per heavy atom. The fourth-order valence-corrected chi connectivity index (χ4v) is 2.22. The molecule has 0 saturated heterocycles. The zero-order valence-electron chi connectivity index (χ0n) is 12.4. The van der Waals surface area contributed by atoms with Gasteiger partial charge in [0.15, 0.2) is 5.76 Å². The molecule has 1 aromatic heterocycles. The number of nitrogens with zero attached hydrogens (tertiary/aromatic N) is 1. The molecule has 0 saturated carbocycles. The number of likely N-dealkylation sites (N-methyl/N-ethyl adjacent to an activating group) is 1. The van der Waals surface area contributed by atoms with Gasteiger partial charge >= 0.3 is 5.91 Å². The molecular formula is C15H21N3O3. The molecule has 1 aromatic carbocycles. The highest BCUT2D eigenvalue weighted by molar-refractivity contribution is 5.98. The van der Waals surface area contributed by atoms with Crippen LogP contribution in [0, 0.1) is 0 Å². The lowest BCUT2D eigenvalue weighted by Gasteiger charge is -2.16. The number of ether oxygens (including phenoxy) is 1. The van der Waals surface area contributed by atoms with E-state index >= 15 is 0 Å². The number of nitrogen functional groups attached to an aromatic ring is 1. The summed E-state index contributed by atoms with van der Waals surface area (Å²) in [6.45, 7) is 4.68. The molecule has 114 valence electrons. The Balaban J connectivity index is 2.25. The summed E-state index contributed by atoms with van der Waals surface area (Å²) in [7, 11) is 1.98. The summed E-state index contributed by atoms with van der Waals surface area (Å²) in [5.74, 6) is 5.08. The first-order chi connectivity index (χ1) is 10.2. The van der Waals surface area contributed by atoms with Crippen LogP contribution in [0.2, 0.25) is 0 Å². The molecule has 2 aromatic rings. The van der Waals surface area contributed by atoms with Gasteiger partial charge in [-0.15, -0.1) is 0 Å². The fourth-order valence-electron chi connectivity index (χ4n) is 2.22. The van der Waals surface area contributed by atoms with E-state index in [2.05, 4.69) is 10.3 Å². The Hall–Kier alpha value is -1.89. The number of carbonyl (C=O) groups excluding carboxylic acids is 1. The Kier molecular flexibility index (Phi) is 5.32. The van der Waals surface area contributed by atoms with Gasteiger partial charge in [-0.25, -0.2) is 5.84 Å². The normalized spacial score (nSPS) is 11.2. The molecule has 1 heterocycles. The van der Waals surface area contributed by atoms with E-state index in [0.29, 0.717) is 25.3 Å². The molecule has 0 aliphatic carbocycles. The molecule has 0 aliphatic heterocycles. The highest BCUT2D eigenvalue weighted by Crippen LogP contribution is 2.26. The Morgan fingerprint density at radius 2 is 2.19 bits per heavy atom. The van der Waals surface area contributed by atoms with Gasteiger partial charge in [0.05, 0.1) is 6.61 Å². The van der Waals surface area contributed by atoms with E-state index in [-0.39, 0.29) is 5.76 Å². The minimum Gasteiger partial charge on any atom is -0.451 e. The van der Waals surface area contributed by atoms with E-state index in [0.717, 1.165) is 17.5 Å². The monoisotopic (exact) mass is 291 g/mol. The maximum atomic E-state index is 11.9. The van der Waals surface area contributed by atoms with Crippen LogP contribution in [0.5, 0.6) is 0 Å². The van der Waals surface area contributed by atoms with Crippen LogP contribution in [0.4, 0.5) is 0 Å². The van der Waals surface area contributed by atoms with Crippen molar-refractivity contribution in [2.24, 2.45) is 5.84 Å². The number of nitrogens with one attached hydrogen (secondary N) is 1. The van der Waals surface area contributed by atoms with Crippen molar-refractivity contribution in [1.29, 1.82) is 0 Å².